The zero-order valence-electron chi connectivity index (χ0n) is 10.3. The van der Waals surface area contributed by atoms with Crippen LogP contribution in [0.4, 0.5) is 0 Å². The molecule has 1 aromatic heterocycles. The van der Waals surface area contributed by atoms with Gasteiger partial charge in [0.05, 0.1) is 11.7 Å². The number of hydrogen-bond acceptors (Lipinski definition) is 4. The minimum absolute atomic E-state index is 0.0862. The van der Waals surface area contributed by atoms with Crippen LogP contribution in [0.1, 0.15) is 36.3 Å². The third kappa shape index (κ3) is 3.06. The first kappa shape index (κ1) is 12.1. The highest BCUT2D eigenvalue weighted by molar-refractivity contribution is 5.81. The van der Waals surface area contributed by atoms with E-state index < -0.39 is 0 Å². The molecular formula is C12H19N3O2. The van der Waals surface area contributed by atoms with Crippen molar-refractivity contribution < 1.29 is 9.32 Å². The minimum atomic E-state index is -0.386. The van der Waals surface area contributed by atoms with Crippen molar-refractivity contribution in [1.29, 1.82) is 0 Å². The van der Waals surface area contributed by atoms with Gasteiger partial charge in [0.15, 0.2) is 0 Å². The third-order valence-corrected chi connectivity index (χ3v) is 3.24. The fraction of sp³-hybridized carbons (Fsp3) is 0.667. The summed E-state index contributed by atoms with van der Waals surface area (Å²) >= 11 is 0. The van der Waals surface area contributed by atoms with Crippen LogP contribution in [-0.2, 0) is 11.3 Å². The Labute approximate surface area is 101 Å². The van der Waals surface area contributed by atoms with Crippen molar-refractivity contribution in [3.05, 3.63) is 17.0 Å². The first-order chi connectivity index (χ1) is 8.08. The molecule has 0 aliphatic heterocycles. The highest BCUT2D eigenvalue weighted by atomic mass is 16.5. The molecule has 0 saturated heterocycles. The van der Waals surface area contributed by atoms with Crippen LogP contribution < -0.4 is 11.1 Å². The van der Waals surface area contributed by atoms with Gasteiger partial charge in [0.1, 0.15) is 5.76 Å². The van der Waals surface area contributed by atoms with E-state index in [1.165, 1.54) is 12.8 Å². The molecule has 3 N–H and O–H groups in total. The standard InChI is InChI=1S/C12H19N3O2/c1-7-10(8(2)17-15-7)6-14-12(16)11(13)5-9-3-4-9/h9,11H,3-6,13H2,1-2H3,(H,14,16)/t11-/m0/s1. The molecule has 5 nitrogen and oxygen atoms in total. The summed E-state index contributed by atoms with van der Waals surface area (Å²) < 4.78 is 5.03. The lowest BCUT2D eigenvalue weighted by atomic mass is 10.1. The van der Waals surface area contributed by atoms with E-state index in [0.29, 0.717) is 12.5 Å². The van der Waals surface area contributed by atoms with Gasteiger partial charge in [-0.25, -0.2) is 0 Å². The number of hydrogen-bond donors (Lipinski definition) is 2. The van der Waals surface area contributed by atoms with E-state index in [1.54, 1.807) is 0 Å². The molecule has 1 aromatic rings. The van der Waals surface area contributed by atoms with E-state index >= 15 is 0 Å². The van der Waals surface area contributed by atoms with Gasteiger partial charge in [-0.05, 0) is 26.2 Å². The lowest BCUT2D eigenvalue weighted by Crippen LogP contribution is -2.40. The fourth-order valence-corrected chi connectivity index (χ4v) is 1.88. The average molecular weight is 237 g/mol. The predicted molar refractivity (Wildman–Crippen MR) is 63.1 cm³/mol. The van der Waals surface area contributed by atoms with Crippen LogP contribution >= 0.6 is 0 Å². The highest BCUT2D eigenvalue weighted by Crippen LogP contribution is 2.33. The second-order valence-electron chi connectivity index (χ2n) is 4.81. The Kier molecular flexibility index (Phi) is 3.47. The van der Waals surface area contributed by atoms with Crippen molar-refractivity contribution >= 4 is 5.91 Å². The maximum Gasteiger partial charge on any atom is 0.237 e. The van der Waals surface area contributed by atoms with Gasteiger partial charge in [0.2, 0.25) is 5.91 Å². The molecule has 1 amide bonds. The van der Waals surface area contributed by atoms with Crippen molar-refractivity contribution in [1.82, 2.24) is 10.5 Å². The molecule has 1 aliphatic rings. The summed E-state index contributed by atoms with van der Waals surface area (Å²) in [6, 6.07) is -0.386. The van der Waals surface area contributed by atoms with Gasteiger partial charge < -0.3 is 15.6 Å². The first-order valence-corrected chi connectivity index (χ1v) is 6.03. The van der Waals surface area contributed by atoms with Crippen LogP contribution in [0.5, 0.6) is 0 Å². The lowest BCUT2D eigenvalue weighted by Gasteiger charge is -2.11. The summed E-state index contributed by atoms with van der Waals surface area (Å²) in [5.41, 5.74) is 7.58. The molecule has 5 heteroatoms. The number of aryl methyl sites for hydroxylation is 2. The molecule has 0 aromatic carbocycles. The number of amides is 1. The molecule has 1 atom stereocenters. The van der Waals surface area contributed by atoms with E-state index in [-0.39, 0.29) is 11.9 Å². The zero-order chi connectivity index (χ0) is 12.4. The number of carbonyl (C=O) groups excluding carboxylic acids is 1. The summed E-state index contributed by atoms with van der Waals surface area (Å²) in [7, 11) is 0. The van der Waals surface area contributed by atoms with E-state index in [4.69, 9.17) is 10.3 Å². The Morgan fingerprint density at radius 3 is 2.82 bits per heavy atom. The lowest BCUT2D eigenvalue weighted by molar-refractivity contribution is -0.122. The Hall–Kier alpha value is -1.36. The number of aromatic nitrogens is 1. The summed E-state index contributed by atoms with van der Waals surface area (Å²) in [6.45, 7) is 4.14. The van der Waals surface area contributed by atoms with Crippen molar-refractivity contribution in [3.63, 3.8) is 0 Å². The number of nitrogens with one attached hydrogen (secondary N) is 1. The van der Waals surface area contributed by atoms with Crippen LogP contribution in [0.25, 0.3) is 0 Å². The summed E-state index contributed by atoms with van der Waals surface area (Å²) in [4.78, 5) is 11.7. The second-order valence-corrected chi connectivity index (χ2v) is 4.81. The van der Waals surface area contributed by atoms with Gasteiger partial charge in [-0.1, -0.05) is 18.0 Å². The normalized spacial score (nSPS) is 16.9. The molecule has 94 valence electrons. The van der Waals surface area contributed by atoms with Crippen LogP contribution in [-0.4, -0.2) is 17.1 Å². The molecule has 0 unspecified atom stereocenters. The predicted octanol–water partition coefficient (Wildman–Crippen LogP) is 1.04. The molecule has 1 heterocycles. The Balaban J connectivity index is 1.82. The van der Waals surface area contributed by atoms with E-state index in [1.807, 2.05) is 13.8 Å². The molecule has 17 heavy (non-hydrogen) atoms. The van der Waals surface area contributed by atoms with Gasteiger partial charge in [-0.3, -0.25) is 4.79 Å². The van der Waals surface area contributed by atoms with Gasteiger partial charge in [-0.2, -0.15) is 0 Å². The second kappa shape index (κ2) is 4.87. The minimum Gasteiger partial charge on any atom is -0.361 e. The Bertz CT molecular complexity index is 390. The van der Waals surface area contributed by atoms with Crippen LogP contribution in [0.15, 0.2) is 4.52 Å². The van der Waals surface area contributed by atoms with Gasteiger partial charge in [0, 0.05) is 12.1 Å². The molecule has 1 saturated carbocycles. The smallest absolute Gasteiger partial charge is 0.237 e. The van der Waals surface area contributed by atoms with Crippen molar-refractivity contribution in [2.45, 2.75) is 45.7 Å². The van der Waals surface area contributed by atoms with Crippen LogP contribution in [0.2, 0.25) is 0 Å². The molecule has 0 bridgehead atoms. The molecule has 1 fully saturated rings. The van der Waals surface area contributed by atoms with E-state index in [2.05, 4.69) is 10.5 Å². The van der Waals surface area contributed by atoms with Crippen molar-refractivity contribution in [2.24, 2.45) is 11.7 Å². The van der Waals surface area contributed by atoms with Gasteiger partial charge >= 0.3 is 0 Å². The Morgan fingerprint density at radius 2 is 2.29 bits per heavy atom. The number of nitrogens with two attached hydrogens (primary N) is 1. The average Bonchev–Trinajstić information content (AvgIpc) is 3.04. The maximum atomic E-state index is 11.7. The highest BCUT2D eigenvalue weighted by Gasteiger charge is 2.27. The maximum absolute atomic E-state index is 11.7. The number of rotatable bonds is 5. The van der Waals surface area contributed by atoms with Crippen LogP contribution in [0, 0.1) is 19.8 Å². The van der Waals surface area contributed by atoms with Gasteiger partial charge in [-0.15, -0.1) is 0 Å². The topological polar surface area (TPSA) is 81.2 Å². The van der Waals surface area contributed by atoms with E-state index in [9.17, 15) is 4.79 Å². The molecule has 2 rings (SSSR count). The number of nitrogens with zero attached hydrogens (tertiary/aromatic N) is 1. The van der Waals surface area contributed by atoms with Gasteiger partial charge in [0.25, 0.3) is 0 Å². The van der Waals surface area contributed by atoms with Crippen LogP contribution in [0.3, 0.4) is 0 Å². The Morgan fingerprint density at radius 1 is 1.59 bits per heavy atom. The van der Waals surface area contributed by atoms with Crippen molar-refractivity contribution in [3.8, 4) is 0 Å². The van der Waals surface area contributed by atoms with E-state index in [0.717, 1.165) is 23.4 Å². The molecular weight excluding hydrogens is 218 g/mol. The zero-order valence-corrected chi connectivity index (χ0v) is 10.3. The third-order valence-electron chi connectivity index (χ3n) is 3.24. The monoisotopic (exact) mass is 237 g/mol. The summed E-state index contributed by atoms with van der Waals surface area (Å²) in [6.07, 6.45) is 3.23. The quantitative estimate of drug-likeness (QED) is 0.801. The first-order valence-electron chi connectivity index (χ1n) is 6.03. The molecule has 1 aliphatic carbocycles. The van der Waals surface area contributed by atoms with Crippen molar-refractivity contribution in [2.75, 3.05) is 0 Å². The molecule has 0 radical (unpaired) electrons. The number of carbonyl (C=O) groups is 1. The molecule has 0 spiro atoms. The summed E-state index contributed by atoms with van der Waals surface area (Å²) in [5, 5.41) is 6.68. The largest absolute Gasteiger partial charge is 0.361 e. The fourth-order valence-electron chi connectivity index (χ4n) is 1.88. The SMILES string of the molecule is Cc1noc(C)c1CNC(=O)[C@@H](N)CC1CC1. The summed E-state index contributed by atoms with van der Waals surface area (Å²) in [5.74, 6) is 1.32.